The summed E-state index contributed by atoms with van der Waals surface area (Å²) < 4.78 is 12.6. The topological polar surface area (TPSA) is 70.3 Å². The molecule has 2 aromatic rings. The highest BCUT2D eigenvalue weighted by molar-refractivity contribution is 8.02. The van der Waals surface area contributed by atoms with Gasteiger partial charge in [0.2, 0.25) is 6.79 Å². The second kappa shape index (κ2) is 6.21. The molecule has 1 unspecified atom stereocenters. The van der Waals surface area contributed by atoms with E-state index >= 15 is 0 Å². The third kappa shape index (κ3) is 3.03. The maximum Gasteiger partial charge on any atom is 0.231 e. The van der Waals surface area contributed by atoms with E-state index in [1.54, 1.807) is 34.9 Å². The van der Waals surface area contributed by atoms with Gasteiger partial charge in [-0.05, 0) is 24.0 Å². The van der Waals surface area contributed by atoms with Crippen molar-refractivity contribution < 1.29 is 9.47 Å². The molecule has 0 fully saturated rings. The van der Waals surface area contributed by atoms with Crippen LogP contribution in [0.25, 0.3) is 0 Å². The van der Waals surface area contributed by atoms with E-state index < -0.39 is 0 Å². The molecular formula is C12H13N3O2S3. The average molecular weight is 327 g/mol. The van der Waals surface area contributed by atoms with Crippen molar-refractivity contribution in [2.24, 2.45) is 5.73 Å². The molecule has 20 heavy (non-hydrogen) atoms. The Bertz CT molecular complexity index is 605. The molecule has 2 N–H and O–H groups in total. The fourth-order valence-corrected chi connectivity index (χ4v) is 4.19. The lowest BCUT2D eigenvalue weighted by atomic mass is 10.1. The number of nitrogens with two attached hydrogens (primary N) is 1. The van der Waals surface area contributed by atoms with Crippen molar-refractivity contribution in [3.63, 3.8) is 0 Å². The highest BCUT2D eigenvalue weighted by Crippen LogP contribution is 2.35. The molecule has 1 aromatic carbocycles. The summed E-state index contributed by atoms with van der Waals surface area (Å²) >= 11 is 4.82. The second-order valence-corrected chi connectivity index (χ2v) is 7.37. The fraction of sp³-hybridized carbons (Fsp3) is 0.333. The molecule has 1 aliphatic rings. The van der Waals surface area contributed by atoms with E-state index in [1.165, 1.54) is 0 Å². The normalized spacial score (nSPS) is 14.5. The Labute approximate surface area is 129 Å². The number of nitrogens with zero attached hydrogens (tertiary/aromatic N) is 2. The first kappa shape index (κ1) is 14.0. The van der Waals surface area contributed by atoms with Crippen LogP contribution in [0, 0.1) is 0 Å². The number of benzene rings is 1. The summed E-state index contributed by atoms with van der Waals surface area (Å²) in [7, 11) is 0. The smallest absolute Gasteiger partial charge is 0.231 e. The van der Waals surface area contributed by atoms with Gasteiger partial charge in [0.15, 0.2) is 20.2 Å². The SMILES string of the molecule is CSc1nnc(SCC(N)c2ccc3c(c2)OCO3)s1. The monoisotopic (exact) mass is 327 g/mol. The maximum absolute atomic E-state index is 6.21. The van der Waals surface area contributed by atoms with Gasteiger partial charge in [-0.25, -0.2) is 0 Å². The minimum Gasteiger partial charge on any atom is -0.454 e. The van der Waals surface area contributed by atoms with E-state index in [1.807, 2.05) is 24.5 Å². The number of hydrogen-bond acceptors (Lipinski definition) is 8. The van der Waals surface area contributed by atoms with Gasteiger partial charge in [0.1, 0.15) is 0 Å². The lowest BCUT2D eigenvalue weighted by molar-refractivity contribution is 0.174. The summed E-state index contributed by atoms with van der Waals surface area (Å²) in [5.74, 6) is 2.30. The predicted molar refractivity (Wildman–Crippen MR) is 81.9 cm³/mol. The van der Waals surface area contributed by atoms with Crippen molar-refractivity contribution in [2.75, 3.05) is 18.8 Å². The largest absolute Gasteiger partial charge is 0.454 e. The summed E-state index contributed by atoms with van der Waals surface area (Å²) in [6.07, 6.45) is 1.99. The second-order valence-electron chi connectivity index (χ2n) is 4.07. The zero-order valence-corrected chi connectivity index (χ0v) is 13.2. The Hall–Kier alpha value is -0.960. The van der Waals surface area contributed by atoms with Crippen LogP contribution >= 0.6 is 34.9 Å². The van der Waals surface area contributed by atoms with Gasteiger partial charge in [-0.1, -0.05) is 40.9 Å². The molecule has 106 valence electrons. The maximum atomic E-state index is 6.21. The van der Waals surface area contributed by atoms with Crippen LogP contribution in [-0.4, -0.2) is 29.0 Å². The summed E-state index contributed by atoms with van der Waals surface area (Å²) in [6, 6.07) is 5.75. The van der Waals surface area contributed by atoms with Gasteiger partial charge in [-0.3, -0.25) is 0 Å². The van der Waals surface area contributed by atoms with Crippen molar-refractivity contribution in [2.45, 2.75) is 14.7 Å². The molecule has 8 heteroatoms. The van der Waals surface area contributed by atoms with E-state index in [0.29, 0.717) is 0 Å². The van der Waals surface area contributed by atoms with Crippen LogP contribution in [0.15, 0.2) is 26.9 Å². The van der Waals surface area contributed by atoms with Crippen molar-refractivity contribution in [1.29, 1.82) is 0 Å². The molecule has 0 amide bonds. The molecule has 1 aliphatic heterocycles. The van der Waals surface area contributed by atoms with Crippen LogP contribution in [-0.2, 0) is 0 Å². The van der Waals surface area contributed by atoms with E-state index in [4.69, 9.17) is 15.2 Å². The van der Waals surface area contributed by atoms with Gasteiger partial charge in [0, 0.05) is 11.8 Å². The molecule has 0 saturated heterocycles. The van der Waals surface area contributed by atoms with Crippen molar-refractivity contribution >= 4 is 34.9 Å². The number of ether oxygens (including phenoxy) is 2. The van der Waals surface area contributed by atoms with Crippen LogP contribution in [0.2, 0.25) is 0 Å². The molecule has 0 saturated carbocycles. The van der Waals surface area contributed by atoms with E-state index in [2.05, 4.69) is 10.2 Å². The minimum absolute atomic E-state index is 0.0730. The standard InChI is InChI=1S/C12H13N3O2S3/c1-18-11-14-15-12(20-11)19-5-8(13)7-2-3-9-10(4-7)17-6-16-9/h2-4,8H,5-6,13H2,1H3. The van der Waals surface area contributed by atoms with E-state index in [-0.39, 0.29) is 12.8 Å². The summed E-state index contributed by atoms with van der Waals surface area (Å²) in [5.41, 5.74) is 7.25. The molecule has 3 rings (SSSR count). The third-order valence-electron chi connectivity index (χ3n) is 2.77. The highest BCUT2D eigenvalue weighted by atomic mass is 32.2. The first-order valence-corrected chi connectivity index (χ1v) is 8.94. The quantitative estimate of drug-likeness (QED) is 0.847. The predicted octanol–water partition coefficient (Wildman–Crippen LogP) is 2.78. The zero-order chi connectivity index (χ0) is 13.9. The first-order valence-electron chi connectivity index (χ1n) is 5.91. The van der Waals surface area contributed by atoms with E-state index in [9.17, 15) is 0 Å². The average Bonchev–Trinajstić information content (AvgIpc) is 3.12. The number of fused-ring (bicyclic) bond motifs is 1. The molecule has 1 aromatic heterocycles. The molecule has 0 spiro atoms. The number of thioether (sulfide) groups is 2. The minimum atomic E-state index is -0.0730. The Balaban J connectivity index is 1.62. The van der Waals surface area contributed by atoms with Crippen molar-refractivity contribution in [3.8, 4) is 11.5 Å². The number of rotatable bonds is 5. The molecule has 5 nitrogen and oxygen atoms in total. The first-order chi connectivity index (χ1) is 9.76. The van der Waals surface area contributed by atoms with Gasteiger partial charge < -0.3 is 15.2 Å². The Kier molecular flexibility index (Phi) is 4.35. The van der Waals surface area contributed by atoms with Crippen LogP contribution in [0.3, 0.4) is 0 Å². The Morgan fingerprint density at radius 1 is 1.30 bits per heavy atom. The van der Waals surface area contributed by atoms with E-state index in [0.717, 1.165) is 31.5 Å². The van der Waals surface area contributed by atoms with Crippen molar-refractivity contribution in [3.05, 3.63) is 23.8 Å². The highest BCUT2D eigenvalue weighted by Gasteiger charge is 2.16. The van der Waals surface area contributed by atoms with Crippen LogP contribution < -0.4 is 15.2 Å². The Morgan fingerprint density at radius 3 is 2.90 bits per heavy atom. The molecule has 0 bridgehead atoms. The number of hydrogen-bond donors (Lipinski definition) is 1. The van der Waals surface area contributed by atoms with Crippen LogP contribution in [0.5, 0.6) is 11.5 Å². The summed E-state index contributed by atoms with van der Waals surface area (Å²) in [5, 5.41) is 8.19. The van der Waals surface area contributed by atoms with Gasteiger partial charge in [0.25, 0.3) is 0 Å². The third-order valence-corrected chi connectivity index (χ3v) is 5.93. The molecule has 2 heterocycles. The molecule has 0 aliphatic carbocycles. The van der Waals surface area contributed by atoms with Gasteiger partial charge in [0.05, 0.1) is 0 Å². The fourth-order valence-electron chi connectivity index (χ4n) is 1.74. The lowest BCUT2D eigenvalue weighted by Gasteiger charge is -2.11. The summed E-state index contributed by atoms with van der Waals surface area (Å²) in [6.45, 7) is 0.283. The molecular weight excluding hydrogens is 314 g/mol. The Morgan fingerprint density at radius 2 is 2.10 bits per heavy atom. The molecule has 1 atom stereocenters. The zero-order valence-electron chi connectivity index (χ0n) is 10.7. The lowest BCUT2D eigenvalue weighted by Crippen LogP contribution is -2.12. The molecule has 0 radical (unpaired) electrons. The van der Waals surface area contributed by atoms with Crippen molar-refractivity contribution in [1.82, 2.24) is 10.2 Å². The van der Waals surface area contributed by atoms with Gasteiger partial charge >= 0.3 is 0 Å². The number of aromatic nitrogens is 2. The van der Waals surface area contributed by atoms with Crippen LogP contribution in [0.4, 0.5) is 0 Å². The van der Waals surface area contributed by atoms with Crippen LogP contribution in [0.1, 0.15) is 11.6 Å². The van der Waals surface area contributed by atoms with Gasteiger partial charge in [-0.2, -0.15) is 0 Å². The summed E-state index contributed by atoms with van der Waals surface area (Å²) in [4.78, 5) is 0. The van der Waals surface area contributed by atoms with Gasteiger partial charge in [-0.15, -0.1) is 10.2 Å².